The third kappa shape index (κ3) is 5.18. The Kier molecular flexibility index (Phi) is 5.91. The van der Waals surface area contributed by atoms with Crippen molar-refractivity contribution < 1.29 is 22.7 Å². The minimum atomic E-state index is -4.80. The van der Waals surface area contributed by atoms with Gasteiger partial charge in [-0.1, -0.05) is 0 Å². The van der Waals surface area contributed by atoms with Crippen molar-refractivity contribution in [3.05, 3.63) is 82.7 Å². The van der Waals surface area contributed by atoms with Gasteiger partial charge in [0.2, 0.25) is 5.91 Å². The first-order valence-electron chi connectivity index (χ1n) is 8.38. The third-order valence-corrected chi connectivity index (χ3v) is 3.81. The molecule has 0 fully saturated rings. The highest BCUT2D eigenvalue weighted by atomic mass is 19.4. The van der Waals surface area contributed by atoms with Gasteiger partial charge in [0.05, 0.1) is 0 Å². The first kappa shape index (κ1) is 20.1. The minimum Gasteiger partial charge on any atom is -0.485 e. The van der Waals surface area contributed by atoms with Crippen LogP contribution in [0.2, 0.25) is 0 Å². The smallest absolute Gasteiger partial charge is 0.421 e. The van der Waals surface area contributed by atoms with Crippen LogP contribution in [0, 0.1) is 0 Å². The van der Waals surface area contributed by atoms with Crippen LogP contribution >= 0.6 is 0 Å². The zero-order valence-electron chi connectivity index (χ0n) is 14.9. The van der Waals surface area contributed by atoms with Gasteiger partial charge in [0.25, 0.3) is 5.56 Å². The molecular formula is C19H15F3N4O3. The molecule has 150 valence electrons. The first-order valence-corrected chi connectivity index (χ1v) is 8.38. The van der Waals surface area contributed by atoms with Crippen LogP contribution < -0.4 is 15.6 Å². The van der Waals surface area contributed by atoms with Gasteiger partial charge in [0.1, 0.15) is 18.7 Å². The van der Waals surface area contributed by atoms with E-state index >= 15 is 0 Å². The number of hydrogen-bond donors (Lipinski definition) is 1. The second kappa shape index (κ2) is 8.55. The molecule has 0 saturated carbocycles. The van der Waals surface area contributed by atoms with Crippen LogP contribution in [0.5, 0.6) is 5.75 Å². The van der Waals surface area contributed by atoms with Crippen molar-refractivity contribution in [2.45, 2.75) is 19.3 Å². The number of hydrogen-bond acceptors (Lipinski definition) is 5. The number of aromatic nitrogens is 3. The Balaban J connectivity index is 1.71. The fourth-order valence-electron chi connectivity index (χ4n) is 2.44. The van der Waals surface area contributed by atoms with Crippen LogP contribution in [0.25, 0.3) is 0 Å². The maximum Gasteiger partial charge on any atom is 0.421 e. The maximum atomic E-state index is 12.8. The Morgan fingerprint density at radius 2 is 1.86 bits per heavy atom. The van der Waals surface area contributed by atoms with Crippen LogP contribution in [0.1, 0.15) is 11.1 Å². The lowest BCUT2D eigenvalue weighted by Crippen LogP contribution is -2.32. The van der Waals surface area contributed by atoms with Gasteiger partial charge in [-0.15, -0.1) is 0 Å². The number of pyridine rings is 3. The van der Waals surface area contributed by atoms with E-state index < -0.39 is 29.8 Å². The van der Waals surface area contributed by atoms with Gasteiger partial charge < -0.3 is 14.6 Å². The first-order chi connectivity index (χ1) is 13.8. The summed E-state index contributed by atoms with van der Waals surface area (Å²) in [5.41, 5.74) is -1.80. The highest BCUT2D eigenvalue weighted by Crippen LogP contribution is 2.26. The zero-order valence-corrected chi connectivity index (χ0v) is 14.9. The maximum absolute atomic E-state index is 12.8. The molecule has 29 heavy (non-hydrogen) atoms. The van der Waals surface area contributed by atoms with E-state index in [0.29, 0.717) is 10.6 Å². The van der Waals surface area contributed by atoms with E-state index in [4.69, 9.17) is 4.74 Å². The molecule has 1 amide bonds. The van der Waals surface area contributed by atoms with Gasteiger partial charge in [0.15, 0.2) is 11.6 Å². The number of carbonyl (C=O) groups excluding carboxylic acids is 1. The monoisotopic (exact) mass is 404 g/mol. The molecule has 0 aliphatic carbocycles. The average molecular weight is 404 g/mol. The second-order valence-corrected chi connectivity index (χ2v) is 5.90. The summed E-state index contributed by atoms with van der Waals surface area (Å²) in [5.74, 6) is -0.362. The quantitative estimate of drug-likeness (QED) is 0.683. The van der Waals surface area contributed by atoms with Gasteiger partial charge in [-0.2, -0.15) is 13.2 Å². The predicted octanol–water partition coefficient (Wildman–Crippen LogP) is 2.87. The molecule has 0 saturated heterocycles. The Labute approximate surface area is 162 Å². The molecule has 1 N–H and O–H groups in total. The van der Waals surface area contributed by atoms with Gasteiger partial charge in [-0.05, 0) is 42.0 Å². The van der Waals surface area contributed by atoms with Crippen molar-refractivity contribution in [3.8, 4) is 5.75 Å². The highest BCUT2D eigenvalue weighted by molar-refractivity contribution is 5.90. The van der Waals surface area contributed by atoms with Gasteiger partial charge in [0, 0.05) is 24.8 Å². The summed E-state index contributed by atoms with van der Waals surface area (Å²) < 4.78 is 44.9. The predicted molar refractivity (Wildman–Crippen MR) is 97.1 cm³/mol. The average Bonchev–Trinajstić information content (AvgIpc) is 2.69. The van der Waals surface area contributed by atoms with E-state index in [1.165, 1.54) is 6.20 Å². The Morgan fingerprint density at radius 3 is 2.59 bits per heavy atom. The molecule has 10 heteroatoms. The number of nitrogens with zero attached hydrogens (tertiary/aromatic N) is 3. The fraction of sp³-hybridized carbons (Fsp3) is 0.158. The summed E-state index contributed by atoms with van der Waals surface area (Å²) in [5, 5.41) is 2.45. The number of amides is 1. The van der Waals surface area contributed by atoms with Gasteiger partial charge in [-0.3, -0.25) is 14.6 Å². The molecule has 0 bridgehead atoms. The number of carbonyl (C=O) groups is 1. The number of halogens is 3. The molecule has 0 aliphatic rings. The molecule has 0 atom stereocenters. The zero-order chi connectivity index (χ0) is 20.9. The lowest BCUT2D eigenvalue weighted by Gasteiger charge is -2.13. The molecule has 7 nitrogen and oxygen atoms in total. The molecule has 3 rings (SSSR count). The van der Waals surface area contributed by atoms with Crippen molar-refractivity contribution in [1.82, 2.24) is 14.5 Å². The number of alkyl halides is 3. The summed E-state index contributed by atoms with van der Waals surface area (Å²) in [6, 6.07) is 8.43. The van der Waals surface area contributed by atoms with Crippen LogP contribution in [-0.4, -0.2) is 20.4 Å². The van der Waals surface area contributed by atoms with Crippen LogP contribution in [0.15, 0.2) is 66.0 Å². The van der Waals surface area contributed by atoms with Crippen molar-refractivity contribution in [1.29, 1.82) is 0 Å². The Hall–Kier alpha value is -3.69. The normalized spacial score (nSPS) is 11.1. The number of ether oxygens (including phenoxy) is 1. The Morgan fingerprint density at radius 1 is 1.10 bits per heavy atom. The Bertz CT molecular complexity index is 1050. The summed E-state index contributed by atoms with van der Waals surface area (Å²) in [6.45, 7) is -0.409. The number of rotatable bonds is 6. The van der Waals surface area contributed by atoms with Crippen LogP contribution in [-0.2, 0) is 24.1 Å². The minimum absolute atomic E-state index is 0.0894. The molecule has 3 aromatic rings. The van der Waals surface area contributed by atoms with Crippen molar-refractivity contribution in [2.75, 3.05) is 5.32 Å². The number of anilines is 1. The molecular weight excluding hydrogens is 389 g/mol. The molecule has 0 spiro atoms. The highest BCUT2D eigenvalue weighted by Gasteiger charge is 2.34. The van der Waals surface area contributed by atoms with Crippen molar-refractivity contribution in [3.63, 3.8) is 0 Å². The standard InChI is InChI=1S/C19H15F3N4O3/c20-19(21,22)14-3-2-10-26(18(14)28)11-16(27)25-17-15(4-1-7-24-17)29-12-13-5-8-23-9-6-13/h1-10H,11-12H2,(H,24,25,27). The van der Waals surface area contributed by atoms with Crippen molar-refractivity contribution >= 4 is 11.7 Å². The van der Waals surface area contributed by atoms with E-state index in [2.05, 4.69) is 15.3 Å². The lowest BCUT2D eigenvalue weighted by atomic mass is 10.2. The SMILES string of the molecule is O=C(Cn1cccc(C(F)(F)F)c1=O)Nc1ncccc1OCc1ccncc1. The topological polar surface area (TPSA) is 86.1 Å². The van der Waals surface area contributed by atoms with Gasteiger partial charge >= 0.3 is 6.18 Å². The lowest BCUT2D eigenvalue weighted by molar-refractivity contribution is -0.139. The summed E-state index contributed by atoms with van der Waals surface area (Å²) in [6.07, 6.45) is 0.947. The summed E-state index contributed by atoms with van der Waals surface area (Å²) >= 11 is 0. The van der Waals surface area contributed by atoms with E-state index in [1.807, 2.05) is 0 Å². The van der Waals surface area contributed by atoms with E-state index in [1.54, 1.807) is 36.7 Å². The molecule has 0 aliphatic heterocycles. The molecule has 0 unspecified atom stereocenters. The van der Waals surface area contributed by atoms with Crippen LogP contribution in [0.3, 0.4) is 0 Å². The number of nitrogens with one attached hydrogen (secondary N) is 1. The third-order valence-electron chi connectivity index (χ3n) is 3.81. The van der Waals surface area contributed by atoms with E-state index in [9.17, 15) is 22.8 Å². The van der Waals surface area contributed by atoms with Crippen molar-refractivity contribution in [2.24, 2.45) is 0 Å². The fourth-order valence-corrected chi connectivity index (χ4v) is 2.44. The van der Waals surface area contributed by atoms with Crippen LogP contribution in [0.4, 0.5) is 19.0 Å². The van der Waals surface area contributed by atoms with E-state index in [-0.39, 0.29) is 18.2 Å². The van der Waals surface area contributed by atoms with Gasteiger partial charge in [-0.25, -0.2) is 4.98 Å². The second-order valence-electron chi connectivity index (χ2n) is 5.90. The molecule has 0 aromatic carbocycles. The largest absolute Gasteiger partial charge is 0.485 e. The summed E-state index contributed by atoms with van der Waals surface area (Å²) in [7, 11) is 0. The summed E-state index contributed by atoms with van der Waals surface area (Å²) in [4.78, 5) is 32.1. The molecule has 3 heterocycles. The molecule has 3 aromatic heterocycles. The molecule has 0 radical (unpaired) electrons. The van der Waals surface area contributed by atoms with E-state index in [0.717, 1.165) is 17.8 Å².